The highest BCUT2D eigenvalue weighted by molar-refractivity contribution is 6.31. The van der Waals surface area contributed by atoms with Crippen molar-refractivity contribution in [3.8, 4) is 5.75 Å². The van der Waals surface area contributed by atoms with Crippen molar-refractivity contribution < 1.29 is 14.3 Å². The highest BCUT2D eigenvalue weighted by Gasteiger charge is 2.16. The average Bonchev–Trinajstić information content (AvgIpc) is 2.30. The highest BCUT2D eigenvalue weighted by atomic mass is 35.5. The Kier molecular flexibility index (Phi) is 4.58. The first-order valence-electron chi connectivity index (χ1n) is 4.74. The summed E-state index contributed by atoms with van der Waals surface area (Å²) in [6, 6.07) is 4.50. The van der Waals surface area contributed by atoms with Crippen molar-refractivity contribution in [2.24, 2.45) is 5.73 Å². The van der Waals surface area contributed by atoms with Crippen LogP contribution in [0.4, 0.5) is 0 Å². The Hall–Kier alpha value is -1.26. The van der Waals surface area contributed by atoms with Crippen LogP contribution in [0.25, 0.3) is 0 Å². The topological polar surface area (TPSA) is 61.5 Å². The third-order valence-electron chi connectivity index (χ3n) is 2.20. The minimum absolute atomic E-state index is 0.322. The largest absolute Gasteiger partial charge is 0.497 e. The van der Waals surface area contributed by atoms with Crippen LogP contribution >= 0.6 is 11.6 Å². The molecule has 0 saturated heterocycles. The zero-order chi connectivity index (χ0) is 12.1. The predicted octanol–water partition coefficient (Wildman–Crippen LogP) is 1.39. The van der Waals surface area contributed by atoms with Gasteiger partial charge in [0, 0.05) is 5.02 Å². The van der Waals surface area contributed by atoms with Gasteiger partial charge in [-0.25, -0.2) is 0 Å². The van der Waals surface area contributed by atoms with Crippen molar-refractivity contribution >= 4 is 17.6 Å². The molecule has 0 aliphatic rings. The van der Waals surface area contributed by atoms with Gasteiger partial charge in [-0.2, -0.15) is 0 Å². The van der Waals surface area contributed by atoms with Crippen molar-refractivity contribution in [2.45, 2.75) is 12.5 Å². The molecule has 0 aliphatic heterocycles. The molecule has 0 fully saturated rings. The number of esters is 1. The number of carbonyl (C=O) groups excluding carboxylic acids is 1. The third kappa shape index (κ3) is 3.12. The van der Waals surface area contributed by atoms with E-state index in [-0.39, 0.29) is 0 Å². The van der Waals surface area contributed by atoms with Crippen molar-refractivity contribution in [2.75, 3.05) is 14.2 Å². The average molecular weight is 244 g/mol. The van der Waals surface area contributed by atoms with E-state index in [1.54, 1.807) is 25.3 Å². The fraction of sp³-hybridized carbons (Fsp3) is 0.364. The number of rotatable bonds is 4. The lowest BCUT2D eigenvalue weighted by Gasteiger charge is -2.11. The third-order valence-corrected chi connectivity index (χ3v) is 2.57. The summed E-state index contributed by atoms with van der Waals surface area (Å²) in [5.74, 6) is 0.218. The molecule has 1 aromatic carbocycles. The lowest BCUT2D eigenvalue weighted by atomic mass is 10.1. The summed E-state index contributed by atoms with van der Waals surface area (Å²) in [7, 11) is 2.86. The second-order valence-corrected chi connectivity index (χ2v) is 3.70. The Morgan fingerprint density at radius 2 is 2.19 bits per heavy atom. The number of halogens is 1. The predicted molar refractivity (Wildman–Crippen MR) is 61.7 cm³/mol. The first-order valence-corrected chi connectivity index (χ1v) is 5.12. The fourth-order valence-corrected chi connectivity index (χ4v) is 1.50. The molecule has 5 heteroatoms. The summed E-state index contributed by atoms with van der Waals surface area (Å²) in [5.41, 5.74) is 6.41. The van der Waals surface area contributed by atoms with Gasteiger partial charge in [-0.15, -0.1) is 0 Å². The first-order chi connectivity index (χ1) is 7.58. The molecule has 0 amide bonds. The van der Waals surface area contributed by atoms with Crippen LogP contribution in [0.3, 0.4) is 0 Å². The van der Waals surface area contributed by atoms with E-state index in [4.69, 9.17) is 22.1 Å². The van der Waals surface area contributed by atoms with E-state index in [9.17, 15) is 4.79 Å². The van der Waals surface area contributed by atoms with Crippen LogP contribution in [0.2, 0.25) is 5.02 Å². The normalized spacial score (nSPS) is 12.0. The quantitative estimate of drug-likeness (QED) is 0.812. The maximum atomic E-state index is 11.2. The molecule has 0 radical (unpaired) electrons. The molecule has 0 unspecified atom stereocenters. The second kappa shape index (κ2) is 5.72. The monoisotopic (exact) mass is 243 g/mol. The minimum atomic E-state index is -0.713. The molecule has 1 atom stereocenters. The van der Waals surface area contributed by atoms with Gasteiger partial charge >= 0.3 is 5.97 Å². The molecule has 88 valence electrons. The van der Waals surface area contributed by atoms with Gasteiger partial charge in [-0.3, -0.25) is 4.79 Å². The fourth-order valence-electron chi connectivity index (χ4n) is 1.31. The van der Waals surface area contributed by atoms with Gasteiger partial charge in [0.05, 0.1) is 14.2 Å². The maximum absolute atomic E-state index is 11.2. The number of ether oxygens (including phenoxy) is 2. The summed E-state index contributed by atoms with van der Waals surface area (Å²) < 4.78 is 9.60. The second-order valence-electron chi connectivity index (χ2n) is 3.29. The van der Waals surface area contributed by atoms with Gasteiger partial charge in [0.15, 0.2) is 0 Å². The van der Waals surface area contributed by atoms with Gasteiger partial charge in [0.25, 0.3) is 0 Å². The maximum Gasteiger partial charge on any atom is 0.322 e. The smallest absolute Gasteiger partial charge is 0.322 e. The molecule has 0 aliphatic carbocycles. The van der Waals surface area contributed by atoms with E-state index in [0.29, 0.717) is 17.2 Å². The molecule has 0 spiro atoms. The lowest BCUT2D eigenvalue weighted by Crippen LogP contribution is -2.33. The van der Waals surface area contributed by atoms with Gasteiger partial charge < -0.3 is 15.2 Å². The van der Waals surface area contributed by atoms with Gasteiger partial charge in [0.2, 0.25) is 0 Å². The molecule has 0 saturated carbocycles. The molecule has 1 rings (SSSR count). The highest BCUT2D eigenvalue weighted by Crippen LogP contribution is 2.22. The first kappa shape index (κ1) is 12.8. The molecular weight excluding hydrogens is 230 g/mol. The van der Waals surface area contributed by atoms with Crippen molar-refractivity contribution in [3.63, 3.8) is 0 Å². The number of benzene rings is 1. The van der Waals surface area contributed by atoms with Crippen molar-refractivity contribution in [3.05, 3.63) is 28.8 Å². The summed E-state index contributed by atoms with van der Waals surface area (Å²) in [6.45, 7) is 0. The molecule has 2 N–H and O–H groups in total. The molecule has 0 heterocycles. The van der Waals surface area contributed by atoms with Gasteiger partial charge in [-0.05, 0) is 30.2 Å². The molecule has 16 heavy (non-hydrogen) atoms. The van der Waals surface area contributed by atoms with Crippen LogP contribution in [0, 0.1) is 0 Å². The van der Waals surface area contributed by atoms with Crippen molar-refractivity contribution in [1.82, 2.24) is 0 Å². The van der Waals surface area contributed by atoms with Crippen LogP contribution in [0.5, 0.6) is 5.75 Å². The lowest BCUT2D eigenvalue weighted by molar-refractivity contribution is -0.142. The van der Waals surface area contributed by atoms with Crippen LogP contribution in [0.15, 0.2) is 18.2 Å². The van der Waals surface area contributed by atoms with E-state index in [1.807, 2.05) is 0 Å². The van der Waals surface area contributed by atoms with E-state index < -0.39 is 12.0 Å². The van der Waals surface area contributed by atoms with Crippen LogP contribution < -0.4 is 10.5 Å². The number of hydrogen-bond donors (Lipinski definition) is 1. The standard InChI is InChI=1S/C11H14ClNO3/c1-15-8-3-4-9(12)7(5-8)6-10(13)11(14)16-2/h3-5,10H,6,13H2,1-2H3/t10-/m1/s1. The number of carbonyl (C=O) groups is 1. The zero-order valence-corrected chi connectivity index (χ0v) is 9.95. The number of methoxy groups -OCH3 is 2. The number of nitrogens with two attached hydrogens (primary N) is 1. The van der Waals surface area contributed by atoms with Crippen LogP contribution in [-0.4, -0.2) is 26.2 Å². The summed E-state index contributed by atoms with van der Waals surface area (Å²) in [6.07, 6.45) is 0.322. The molecule has 1 aromatic rings. The Balaban J connectivity index is 2.83. The number of hydrogen-bond acceptors (Lipinski definition) is 4. The van der Waals surface area contributed by atoms with E-state index >= 15 is 0 Å². The Morgan fingerprint density at radius 3 is 2.75 bits per heavy atom. The summed E-state index contributed by atoms with van der Waals surface area (Å²) in [5, 5.41) is 0.556. The van der Waals surface area contributed by atoms with E-state index in [2.05, 4.69) is 4.74 Å². The van der Waals surface area contributed by atoms with Gasteiger partial charge in [-0.1, -0.05) is 11.6 Å². The van der Waals surface area contributed by atoms with Crippen LogP contribution in [-0.2, 0) is 16.0 Å². The zero-order valence-electron chi connectivity index (χ0n) is 9.20. The molecule has 0 bridgehead atoms. The van der Waals surface area contributed by atoms with E-state index in [0.717, 1.165) is 5.56 Å². The van der Waals surface area contributed by atoms with Crippen LogP contribution in [0.1, 0.15) is 5.56 Å². The summed E-state index contributed by atoms with van der Waals surface area (Å²) in [4.78, 5) is 11.2. The minimum Gasteiger partial charge on any atom is -0.497 e. The SMILES string of the molecule is COC(=O)[C@H](N)Cc1cc(OC)ccc1Cl. The summed E-state index contributed by atoms with van der Waals surface area (Å²) >= 11 is 5.98. The molecular formula is C11H14ClNO3. The molecule has 0 aromatic heterocycles. The Bertz CT molecular complexity index is 381. The van der Waals surface area contributed by atoms with Gasteiger partial charge in [0.1, 0.15) is 11.8 Å². The molecule has 4 nitrogen and oxygen atoms in total. The Labute approximate surface area is 99.3 Å². The van der Waals surface area contributed by atoms with Crippen molar-refractivity contribution in [1.29, 1.82) is 0 Å². The van der Waals surface area contributed by atoms with E-state index in [1.165, 1.54) is 7.11 Å². The Morgan fingerprint density at radius 1 is 1.50 bits per heavy atom.